The number of rotatable bonds is 5. The largest absolute Gasteiger partial charge is 0.295 e. The van der Waals surface area contributed by atoms with Gasteiger partial charge in [-0.3, -0.25) is 4.90 Å². The number of nitrogens with zero attached hydrogens (tertiary/aromatic N) is 1. The number of thiophene rings is 1. The molecule has 1 aromatic heterocycles. The van der Waals surface area contributed by atoms with Gasteiger partial charge in [-0.1, -0.05) is 53.4 Å². The molecule has 2 aromatic rings. The van der Waals surface area contributed by atoms with E-state index in [0.717, 1.165) is 24.5 Å². The third-order valence-corrected chi connectivity index (χ3v) is 5.76. The Labute approximate surface area is 134 Å². The van der Waals surface area contributed by atoms with Gasteiger partial charge in [0.25, 0.3) is 0 Å². The molecule has 3 heteroatoms. The first-order valence-electron chi connectivity index (χ1n) is 7.63. The minimum atomic E-state index is 0.792. The van der Waals surface area contributed by atoms with Crippen LogP contribution in [0, 0.1) is 0 Å². The highest BCUT2D eigenvalue weighted by Gasteiger charge is 2.21. The van der Waals surface area contributed by atoms with E-state index in [1.54, 1.807) is 0 Å². The molecule has 1 aromatic carbocycles. The van der Waals surface area contributed by atoms with Crippen LogP contribution in [0.3, 0.4) is 0 Å². The van der Waals surface area contributed by atoms with E-state index in [4.69, 9.17) is 0 Å². The van der Waals surface area contributed by atoms with E-state index in [1.165, 1.54) is 47.8 Å². The lowest BCUT2D eigenvalue weighted by Crippen LogP contribution is -2.37. The van der Waals surface area contributed by atoms with E-state index in [2.05, 4.69) is 50.5 Å². The first-order valence-corrected chi connectivity index (χ1v) is 9.63. The molecule has 108 valence electrons. The maximum Gasteiger partial charge on any atom is 0.0346 e. The number of halogens is 1. The van der Waals surface area contributed by atoms with Crippen LogP contribution in [-0.4, -0.2) is 22.8 Å². The average molecular weight is 352 g/mol. The van der Waals surface area contributed by atoms with Gasteiger partial charge >= 0.3 is 0 Å². The predicted octanol–water partition coefficient (Wildman–Crippen LogP) is 5.43. The minimum absolute atomic E-state index is 0.792. The van der Waals surface area contributed by atoms with E-state index in [1.807, 2.05) is 11.3 Å². The zero-order chi connectivity index (χ0) is 13.8. The Morgan fingerprint density at radius 3 is 2.75 bits per heavy atom. The molecule has 3 rings (SSSR count). The van der Waals surface area contributed by atoms with Crippen LogP contribution in [0.25, 0.3) is 10.1 Å². The smallest absolute Gasteiger partial charge is 0.0346 e. The normalized spacial score (nSPS) is 17.1. The number of fused-ring (bicyclic) bond motifs is 1. The van der Waals surface area contributed by atoms with Gasteiger partial charge in [-0.2, -0.15) is 0 Å². The molecule has 1 aliphatic carbocycles. The molecule has 0 bridgehead atoms. The van der Waals surface area contributed by atoms with Crippen molar-refractivity contribution in [3.05, 3.63) is 35.2 Å². The Balaban J connectivity index is 1.78. The Kier molecular flexibility index (Phi) is 5.14. The van der Waals surface area contributed by atoms with Crippen molar-refractivity contribution >= 4 is 37.4 Å². The lowest BCUT2D eigenvalue weighted by Gasteiger charge is -2.34. The van der Waals surface area contributed by atoms with Crippen LogP contribution in [0.1, 0.15) is 37.7 Å². The Morgan fingerprint density at radius 2 is 1.95 bits per heavy atom. The summed E-state index contributed by atoms with van der Waals surface area (Å²) in [5, 5.41) is 4.88. The molecule has 1 fully saturated rings. The zero-order valence-electron chi connectivity index (χ0n) is 11.9. The van der Waals surface area contributed by atoms with Gasteiger partial charge in [0, 0.05) is 29.2 Å². The van der Waals surface area contributed by atoms with Gasteiger partial charge in [0.2, 0.25) is 0 Å². The summed E-state index contributed by atoms with van der Waals surface area (Å²) in [6, 6.07) is 9.60. The van der Waals surface area contributed by atoms with Gasteiger partial charge in [-0.25, -0.2) is 0 Å². The molecule has 20 heavy (non-hydrogen) atoms. The van der Waals surface area contributed by atoms with Crippen molar-refractivity contribution in [2.24, 2.45) is 0 Å². The zero-order valence-corrected chi connectivity index (χ0v) is 14.3. The Hall–Kier alpha value is -0.380. The molecule has 0 spiro atoms. The van der Waals surface area contributed by atoms with Gasteiger partial charge < -0.3 is 0 Å². The van der Waals surface area contributed by atoms with Gasteiger partial charge in [-0.05, 0) is 35.2 Å². The SMILES string of the molecule is BrCCN(Cc1csc2ccccc12)C1CCCCC1. The first kappa shape index (κ1) is 14.6. The molecule has 1 saturated carbocycles. The van der Waals surface area contributed by atoms with E-state index >= 15 is 0 Å². The van der Waals surface area contributed by atoms with Gasteiger partial charge in [0.15, 0.2) is 0 Å². The van der Waals surface area contributed by atoms with Gasteiger partial charge in [0.05, 0.1) is 0 Å². The number of hydrogen-bond donors (Lipinski definition) is 0. The third-order valence-electron chi connectivity index (χ3n) is 4.40. The standard InChI is InChI=1S/C17H22BrNS/c18-10-11-19(15-6-2-1-3-7-15)12-14-13-20-17-9-5-4-8-16(14)17/h4-5,8-9,13,15H,1-3,6-7,10-12H2. The summed E-state index contributed by atoms with van der Waals surface area (Å²) in [5.74, 6) is 0. The molecule has 0 amide bonds. The van der Waals surface area contributed by atoms with Crippen LogP contribution >= 0.6 is 27.3 Å². The van der Waals surface area contributed by atoms with Crippen molar-refractivity contribution in [2.45, 2.75) is 44.7 Å². The molecular weight excluding hydrogens is 330 g/mol. The fraction of sp³-hybridized carbons (Fsp3) is 0.529. The van der Waals surface area contributed by atoms with E-state index in [9.17, 15) is 0 Å². The third kappa shape index (κ3) is 3.26. The Bertz CT molecular complexity index is 545. The monoisotopic (exact) mass is 351 g/mol. The van der Waals surface area contributed by atoms with Crippen LogP contribution in [0.15, 0.2) is 29.6 Å². The lowest BCUT2D eigenvalue weighted by atomic mass is 9.94. The summed E-state index contributed by atoms with van der Waals surface area (Å²) in [4.78, 5) is 2.70. The number of hydrogen-bond acceptors (Lipinski definition) is 2. The van der Waals surface area contributed by atoms with E-state index in [0.29, 0.717) is 0 Å². The summed E-state index contributed by atoms with van der Waals surface area (Å²) in [6.07, 6.45) is 7.02. The predicted molar refractivity (Wildman–Crippen MR) is 92.9 cm³/mol. The molecule has 0 saturated heterocycles. The summed E-state index contributed by atoms with van der Waals surface area (Å²) in [7, 11) is 0. The van der Waals surface area contributed by atoms with Crippen LogP contribution < -0.4 is 0 Å². The second-order valence-electron chi connectivity index (χ2n) is 5.71. The summed E-state index contributed by atoms with van der Waals surface area (Å²) < 4.78 is 1.42. The summed E-state index contributed by atoms with van der Waals surface area (Å²) in [6.45, 7) is 2.27. The number of alkyl halides is 1. The van der Waals surface area contributed by atoms with Crippen LogP contribution in [0.2, 0.25) is 0 Å². The van der Waals surface area contributed by atoms with Gasteiger partial charge in [0.1, 0.15) is 0 Å². The van der Waals surface area contributed by atoms with Crippen LogP contribution in [-0.2, 0) is 6.54 Å². The maximum absolute atomic E-state index is 3.63. The molecule has 0 aliphatic heterocycles. The van der Waals surface area contributed by atoms with Crippen molar-refractivity contribution in [3.63, 3.8) is 0 Å². The second kappa shape index (κ2) is 7.06. The molecular formula is C17H22BrNS. The molecule has 0 N–H and O–H groups in total. The highest BCUT2D eigenvalue weighted by atomic mass is 79.9. The molecule has 0 radical (unpaired) electrons. The lowest BCUT2D eigenvalue weighted by molar-refractivity contribution is 0.158. The highest BCUT2D eigenvalue weighted by Crippen LogP contribution is 2.29. The van der Waals surface area contributed by atoms with Crippen molar-refractivity contribution in [3.8, 4) is 0 Å². The molecule has 1 aliphatic rings. The summed E-state index contributed by atoms with van der Waals surface area (Å²) >= 11 is 5.51. The van der Waals surface area contributed by atoms with Crippen molar-refractivity contribution < 1.29 is 0 Å². The fourth-order valence-electron chi connectivity index (χ4n) is 3.32. The van der Waals surface area contributed by atoms with E-state index < -0.39 is 0 Å². The van der Waals surface area contributed by atoms with E-state index in [-0.39, 0.29) is 0 Å². The molecule has 0 unspecified atom stereocenters. The van der Waals surface area contributed by atoms with Crippen molar-refractivity contribution in [1.29, 1.82) is 0 Å². The van der Waals surface area contributed by atoms with Crippen LogP contribution in [0.4, 0.5) is 0 Å². The maximum atomic E-state index is 3.63. The number of benzene rings is 1. The quantitative estimate of drug-likeness (QED) is 0.649. The van der Waals surface area contributed by atoms with Crippen molar-refractivity contribution in [2.75, 3.05) is 11.9 Å². The minimum Gasteiger partial charge on any atom is -0.295 e. The fourth-order valence-corrected chi connectivity index (χ4v) is 4.73. The molecule has 1 heterocycles. The summed E-state index contributed by atoms with van der Waals surface area (Å²) in [5.41, 5.74) is 1.51. The Morgan fingerprint density at radius 1 is 1.15 bits per heavy atom. The molecule has 0 atom stereocenters. The first-order chi connectivity index (χ1) is 9.88. The second-order valence-corrected chi connectivity index (χ2v) is 7.41. The topological polar surface area (TPSA) is 3.24 Å². The van der Waals surface area contributed by atoms with Crippen LogP contribution in [0.5, 0.6) is 0 Å². The molecule has 1 nitrogen and oxygen atoms in total. The average Bonchev–Trinajstić information content (AvgIpc) is 2.91. The van der Waals surface area contributed by atoms with Crippen molar-refractivity contribution in [1.82, 2.24) is 4.90 Å². The highest BCUT2D eigenvalue weighted by molar-refractivity contribution is 9.09. The van der Waals surface area contributed by atoms with Gasteiger partial charge in [-0.15, -0.1) is 11.3 Å².